The minimum atomic E-state index is -0.122. The third-order valence-corrected chi connectivity index (χ3v) is 4.05. The summed E-state index contributed by atoms with van der Waals surface area (Å²) in [5, 5.41) is 9.83. The molecule has 0 aliphatic carbocycles. The van der Waals surface area contributed by atoms with Crippen molar-refractivity contribution in [1.82, 2.24) is 20.2 Å². The van der Waals surface area contributed by atoms with Crippen molar-refractivity contribution in [3.05, 3.63) is 33.5 Å². The maximum atomic E-state index is 11.8. The Kier molecular flexibility index (Phi) is 3.32. The molecule has 0 aliphatic rings. The number of rotatable bonds is 4. The molecule has 3 aromatic rings. The van der Waals surface area contributed by atoms with Crippen molar-refractivity contribution in [3.63, 3.8) is 0 Å². The molecule has 0 saturated heterocycles. The van der Waals surface area contributed by atoms with Gasteiger partial charge in [-0.2, -0.15) is 0 Å². The van der Waals surface area contributed by atoms with Crippen LogP contribution in [0.4, 0.5) is 0 Å². The molecule has 3 heterocycles. The van der Waals surface area contributed by atoms with E-state index in [9.17, 15) is 4.79 Å². The van der Waals surface area contributed by atoms with Crippen molar-refractivity contribution >= 4 is 33.3 Å². The number of fused-ring (bicyclic) bond motifs is 1. The second kappa shape index (κ2) is 5.11. The summed E-state index contributed by atoms with van der Waals surface area (Å²) in [6, 6.07) is 1.82. The van der Waals surface area contributed by atoms with Crippen molar-refractivity contribution in [2.24, 2.45) is 5.73 Å². The van der Waals surface area contributed by atoms with Gasteiger partial charge < -0.3 is 15.1 Å². The Labute approximate surface area is 115 Å². The maximum absolute atomic E-state index is 11.8. The molecule has 0 atom stereocenters. The van der Waals surface area contributed by atoms with Gasteiger partial charge in [0.05, 0.1) is 17.8 Å². The number of thioether (sulfide) groups is 1. The van der Waals surface area contributed by atoms with E-state index in [4.69, 9.17) is 10.2 Å². The first kappa shape index (κ1) is 12.3. The molecule has 0 saturated carbocycles. The number of hydrogen-bond acceptors (Lipinski definition) is 8. The highest BCUT2D eigenvalue weighted by Gasteiger charge is 2.09. The van der Waals surface area contributed by atoms with Crippen molar-refractivity contribution < 1.29 is 4.42 Å². The van der Waals surface area contributed by atoms with Gasteiger partial charge in [0.2, 0.25) is 5.89 Å². The van der Waals surface area contributed by atoms with Crippen molar-refractivity contribution in [3.8, 4) is 0 Å². The third kappa shape index (κ3) is 2.53. The monoisotopic (exact) mass is 295 g/mol. The van der Waals surface area contributed by atoms with Crippen LogP contribution in [0.25, 0.3) is 10.2 Å². The van der Waals surface area contributed by atoms with Crippen LogP contribution in [0.1, 0.15) is 11.7 Å². The van der Waals surface area contributed by atoms with E-state index in [1.54, 1.807) is 0 Å². The van der Waals surface area contributed by atoms with Crippen LogP contribution >= 0.6 is 23.1 Å². The van der Waals surface area contributed by atoms with Crippen LogP contribution in [0.15, 0.2) is 25.9 Å². The van der Waals surface area contributed by atoms with E-state index in [1.165, 1.54) is 23.1 Å². The molecular weight excluding hydrogens is 286 g/mol. The number of H-pyrrole nitrogens is 1. The summed E-state index contributed by atoms with van der Waals surface area (Å²) < 4.78 is 5.89. The lowest BCUT2D eigenvalue weighted by Crippen LogP contribution is -2.09. The Morgan fingerprint density at radius 3 is 3.16 bits per heavy atom. The Morgan fingerprint density at radius 1 is 1.47 bits per heavy atom. The van der Waals surface area contributed by atoms with Gasteiger partial charge in [-0.3, -0.25) is 4.79 Å². The van der Waals surface area contributed by atoms with Gasteiger partial charge in [-0.1, -0.05) is 11.8 Å². The van der Waals surface area contributed by atoms with E-state index in [2.05, 4.69) is 20.2 Å². The van der Waals surface area contributed by atoms with E-state index in [-0.39, 0.29) is 12.1 Å². The van der Waals surface area contributed by atoms with Crippen molar-refractivity contribution in [2.75, 3.05) is 0 Å². The van der Waals surface area contributed by atoms with Gasteiger partial charge in [-0.15, -0.1) is 21.5 Å². The number of hydrogen-bond donors (Lipinski definition) is 2. The molecule has 0 unspecified atom stereocenters. The summed E-state index contributed by atoms with van der Waals surface area (Å²) in [6.07, 6.45) is 0. The molecule has 9 heteroatoms. The largest absolute Gasteiger partial charge is 0.415 e. The summed E-state index contributed by atoms with van der Waals surface area (Å²) in [4.78, 5) is 18.9. The number of aromatic nitrogens is 4. The highest BCUT2D eigenvalue weighted by Crippen LogP contribution is 2.20. The van der Waals surface area contributed by atoms with Gasteiger partial charge in [0, 0.05) is 0 Å². The van der Waals surface area contributed by atoms with E-state index in [0.717, 1.165) is 0 Å². The Bertz CT molecular complexity index is 762. The summed E-state index contributed by atoms with van der Waals surface area (Å²) in [7, 11) is 0. The first-order valence-electron chi connectivity index (χ1n) is 5.38. The Morgan fingerprint density at radius 2 is 2.37 bits per heavy atom. The lowest BCUT2D eigenvalue weighted by Gasteiger charge is -1.97. The number of nitrogens with one attached hydrogen (secondary N) is 1. The molecule has 0 amide bonds. The number of thiophene rings is 1. The molecule has 3 aromatic heterocycles. The van der Waals surface area contributed by atoms with Crippen molar-refractivity contribution in [1.29, 1.82) is 0 Å². The molecule has 0 radical (unpaired) electrons. The molecule has 0 aromatic carbocycles. The molecule has 7 nitrogen and oxygen atoms in total. The number of nitrogens with zero attached hydrogens (tertiary/aromatic N) is 3. The summed E-state index contributed by atoms with van der Waals surface area (Å²) in [6.45, 7) is 0.212. The molecule has 0 spiro atoms. The second-order valence-electron chi connectivity index (χ2n) is 3.60. The highest BCUT2D eigenvalue weighted by atomic mass is 32.2. The van der Waals surface area contributed by atoms with E-state index in [1.807, 2.05) is 11.4 Å². The summed E-state index contributed by atoms with van der Waals surface area (Å²) in [5.74, 6) is 1.42. The molecule has 19 heavy (non-hydrogen) atoms. The Hall–Kier alpha value is -1.71. The lowest BCUT2D eigenvalue weighted by atomic mass is 10.4. The zero-order valence-corrected chi connectivity index (χ0v) is 11.3. The van der Waals surface area contributed by atoms with Crippen LogP contribution in [-0.2, 0) is 12.3 Å². The quantitative estimate of drug-likeness (QED) is 0.694. The second-order valence-corrected chi connectivity index (χ2v) is 5.44. The average Bonchev–Trinajstić information content (AvgIpc) is 3.05. The zero-order valence-electron chi connectivity index (χ0n) is 9.62. The fourth-order valence-corrected chi connectivity index (χ4v) is 2.88. The van der Waals surface area contributed by atoms with Crippen LogP contribution in [0, 0.1) is 0 Å². The van der Waals surface area contributed by atoms with Crippen molar-refractivity contribution in [2.45, 2.75) is 17.5 Å². The number of nitrogens with two attached hydrogens (primary N) is 1. The molecule has 0 fully saturated rings. The molecule has 98 valence electrons. The molecule has 0 aliphatic heterocycles. The summed E-state index contributed by atoms with van der Waals surface area (Å²) in [5.41, 5.74) is 5.96. The van der Waals surface area contributed by atoms with E-state index in [0.29, 0.717) is 32.9 Å². The molecule has 3 rings (SSSR count). The predicted octanol–water partition coefficient (Wildman–Crippen LogP) is 1.12. The number of aromatic amines is 1. The first-order chi connectivity index (χ1) is 9.26. The van der Waals surface area contributed by atoms with Crippen LogP contribution in [0.5, 0.6) is 0 Å². The van der Waals surface area contributed by atoms with Crippen LogP contribution in [0.2, 0.25) is 0 Å². The smallest absolute Gasteiger partial charge is 0.277 e. The highest BCUT2D eigenvalue weighted by molar-refractivity contribution is 7.98. The topological polar surface area (TPSA) is 111 Å². The zero-order chi connectivity index (χ0) is 13.2. The van der Waals surface area contributed by atoms with Gasteiger partial charge >= 0.3 is 0 Å². The standard InChI is InChI=1S/C10H9N5O2S2/c11-3-7-14-15-10(17-7)19-4-6-12-5-1-2-18-8(5)9(16)13-6/h1-2H,3-4,11H2,(H,12,13,16). The fourth-order valence-electron chi connectivity index (χ4n) is 1.50. The molecule has 3 N–H and O–H groups in total. The maximum Gasteiger partial charge on any atom is 0.277 e. The fraction of sp³-hybridized carbons (Fsp3) is 0.200. The third-order valence-electron chi connectivity index (χ3n) is 2.32. The Balaban J connectivity index is 1.79. The lowest BCUT2D eigenvalue weighted by molar-refractivity contribution is 0.414. The van der Waals surface area contributed by atoms with E-state index >= 15 is 0 Å². The summed E-state index contributed by atoms with van der Waals surface area (Å²) >= 11 is 2.68. The van der Waals surface area contributed by atoms with Gasteiger partial charge in [0.25, 0.3) is 10.8 Å². The minimum absolute atomic E-state index is 0.122. The molecular formula is C10H9N5O2S2. The van der Waals surface area contributed by atoms with Crippen LogP contribution in [0.3, 0.4) is 0 Å². The molecule has 0 bridgehead atoms. The normalized spacial score (nSPS) is 11.2. The van der Waals surface area contributed by atoms with Gasteiger partial charge in [-0.05, 0) is 11.4 Å². The van der Waals surface area contributed by atoms with Gasteiger partial charge in [0.15, 0.2) is 0 Å². The average molecular weight is 295 g/mol. The van der Waals surface area contributed by atoms with Crippen LogP contribution < -0.4 is 11.3 Å². The minimum Gasteiger partial charge on any atom is -0.415 e. The van der Waals surface area contributed by atoms with Gasteiger partial charge in [-0.25, -0.2) is 4.98 Å². The van der Waals surface area contributed by atoms with Gasteiger partial charge in [0.1, 0.15) is 10.5 Å². The SMILES string of the molecule is NCc1nnc(SCc2nc3ccsc3c(=O)[nH]2)o1. The van der Waals surface area contributed by atoms with Crippen LogP contribution in [-0.4, -0.2) is 20.2 Å². The van der Waals surface area contributed by atoms with E-state index < -0.39 is 0 Å². The first-order valence-corrected chi connectivity index (χ1v) is 7.24. The predicted molar refractivity (Wildman–Crippen MR) is 72.0 cm³/mol.